The molecule has 3 amide bonds. The molecule has 6 rings (SSSR count). The zero-order valence-electron chi connectivity index (χ0n) is 19.2. The number of carbonyl (C=O) groups excluding carboxylic acids is 2. The maximum absolute atomic E-state index is 13.2. The van der Waals surface area contributed by atoms with Gasteiger partial charge in [0.1, 0.15) is 17.1 Å². The molecule has 0 aliphatic carbocycles. The van der Waals surface area contributed by atoms with E-state index in [1.807, 2.05) is 18.2 Å². The third-order valence-electron chi connectivity index (χ3n) is 6.63. The van der Waals surface area contributed by atoms with E-state index in [9.17, 15) is 14.7 Å². The summed E-state index contributed by atoms with van der Waals surface area (Å²) >= 11 is 0. The summed E-state index contributed by atoms with van der Waals surface area (Å²) in [5.74, 6) is 0.824. The summed E-state index contributed by atoms with van der Waals surface area (Å²) in [6.07, 6.45) is 0.242. The van der Waals surface area contributed by atoms with Gasteiger partial charge < -0.3 is 35.5 Å². The zero-order valence-corrected chi connectivity index (χ0v) is 19.2. The van der Waals surface area contributed by atoms with Crippen molar-refractivity contribution in [2.75, 3.05) is 19.4 Å². The summed E-state index contributed by atoms with van der Waals surface area (Å²) in [6, 6.07) is 13.7. The van der Waals surface area contributed by atoms with Crippen molar-refractivity contribution in [2.24, 2.45) is 0 Å². The highest BCUT2D eigenvalue weighted by Crippen LogP contribution is 2.37. The van der Waals surface area contributed by atoms with Gasteiger partial charge in [-0.3, -0.25) is 4.79 Å². The fraction of sp³-hybridized carbons (Fsp3) is 0.200. The van der Waals surface area contributed by atoms with E-state index in [0.717, 1.165) is 16.5 Å². The van der Waals surface area contributed by atoms with Crippen LogP contribution in [0, 0.1) is 0 Å². The number of nitrogen functional groups attached to an aromatic ring is 1. The highest BCUT2D eigenvalue weighted by atomic mass is 16.5. The van der Waals surface area contributed by atoms with Gasteiger partial charge in [0.05, 0.1) is 19.3 Å². The summed E-state index contributed by atoms with van der Waals surface area (Å²) < 4.78 is 11.4. The van der Waals surface area contributed by atoms with Crippen LogP contribution in [0.2, 0.25) is 0 Å². The smallest absolute Gasteiger partial charge is 0.317 e. The molecule has 182 valence electrons. The molecule has 4 heterocycles. The average Bonchev–Trinajstić information content (AvgIpc) is 3.52. The van der Waals surface area contributed by atoms with E-state index < -0.39 is 17.8 Å². The maximum Gasteiger partial charge on any atom is 0.317 e. The summed E-state index contributed by atoms with van der Waals surface area (Å²) in [5.41, 5.74) is 7.66. The molecule has 11 nitrogen and oxygen atoms in total. The number of nitrogens with one attached hydrogen (secondary N) is 2. The topological polar surface area (TPSA) is 156 Å². The van der Waals surface area contributed by atoms with E-state index in [4.69, 9.17) is 14.9 Å². The van der Waals surface area contributed by atoms with Gasteiger partial charge >= 0.3 is 6.03 Å². The van der Waals surface area contributed by atoms with Gasteiger partial charge in [-0.15, -0.1) is 0 Å². The second-order valence-corrected chi connectivity index (χ2v) is 8.82. The van der Waals surface area contributed by atoms with Crippen LogP contribution in [0.15, 0.2) is 59.1 Å². The minimum Gasteiger partial charge on any atom is -0.497 e. The van der Waals surface area contributed by atoms with Crippen LogP contribution in [0.3, 0.4) is 0 Å². The molecule has 2 aromatic heterocycles. The minimum absolute atomic E-state index is 0.0160. The van der Waals surface area contributed by atoms with Gasteiger partial charge in [-0.2, -0.15) is 0 Å². The van der Waals surface area contributed by atoms with E-state index in [1.54, 1.807) is 41.4 Å². The quantitative estimate of drug-likeness (QED) is 0.334. The number of fused-ring (bicyclic) bond motifs is 2. The van der Waals surface area contributed by atoms with Gasteiger partial charge in [0.15, 0.2) is 11.8 Å². The molecule has 1 saturated heterocycles. The number of rotatable bonds is 5. The number of aliphatic hydroxyl groups excluding tert-OH is 1. The first kappa shape index (κ1) is 21.9. The number of nitrogens with two attached hydrogens (primary N) is 1. The van der Waals surface area contributed by atoms with Crippen molar-refractivity contribution < 1.29 is 23.8 Å². The van der Waals surface area contributed by atoms with Crippen molar-refractivity contribution in [1.29, 1.82) is 0 Å². The van der Waals surface area contributed by atoms with E-state index in [-0.39, 0.29) is 18.4 Å². The predicted octanol–water partition coefficient (Wildman–Crippen LogP) is 1.96. The number of ether oxygens (including phenoxy) is 1. The largest absolute Gasteiger partial charge is 0.497 e. The van der Waals surface area contributed by atoms with Crippen molar-refractivity contribution in [1.82, 2.24) is 25.5 Å². The third kappa shape index (κ3) is 3.40. The molecule has 2 aliphatic rings. The number of hydrogen-bond donors (Lipinski definition) is 4. The molecular weight excluding hydrogens is 464 g/mol. The molecule has 11 heteroatoms. The molecule has 36 heavy (non-hydrogen) atoms. The fourth-order valence-corrected chi connectivity index (χ4v) is 4.81. The first-order valence-electron chi connectivity index (χ1n) is 11.2. The molecule has 2 aromatic carbocycles. The lowest BCUT2D eigenvalue weighted by molar-refractivity contribution is 0.0353. The van der Waals surface area contributed by atoms with Crippen molar-refractivity contribution in [3.8, 4) is 17.0 Å². The number of amides is 3. The minimum atomic E-state index is -1.41. The number of anilines is 1. The van der Waals surface area contributed by atoms with Gasteiger partial charge in [0.2, 0.25) is 5.95 Å². The Balaban J connectivity index is 1.38. The molecule has 2 aliphatic heterocycles. The molecule has 1 unspecified atom stereocenters. The van der Waals surface area contributed by atoms with Gasteiger partial charge in [-0.25, -0.2) is 14.8 Å². The number of benzene rings is 2. The molecule has 5 N–H and O–H groups in total. The zero-order chi connectivity index (χ0) is 25.0. The molecule has 4 aromatic rings. The number of aliphatic hydroxyl groups is 1. The molecule has 0 radical (unpaired) electrons. The second kappa shape index (κ2) is 7.95. The van der Waals surface area contributed by atoms with E-state index in [0.29, 0.717) is 34.9 Å². The Morgan fingerprint density at radius 2 is 2.08 bits per heavy atom. The number of hydrogen-bond acceptors (Lipinski definition) is 8. The Bertz CT molecular complexity index is 1530. The van der Waals surface area contributed by atoms with Crippen LogP contribution < -0.4 is 21.1 Å². The van der Waals surface area contributed by atoms with E-state index >= 15 is 0 Å². The second-order valence-electron chi connectivity index (χ2n) is 8.82. The monoisotopic (exact) mass is 486 g/mol. The van der Waals surface area contributed by atoms with Crippen molar-refractivity contribution in [2.45, 2.75) is 18.3 Å². The molecule has 1 fully saturated rings. The predicted molar refractivity (Wildman–Crippen MR) is 129 cm³/mol. The van der Waals surface area contributed by atoms with Crippen LogP contribution >= 0.6 is 0 Å². The van der Waals surface area contributed by atoms with Gasteiger partial charge in [-0.1, -0.05) is 6.07 Å². The molecule has 0 bridgehead atoms. The van der Waals surface area contributed by atoms with Crippen LogP contribution in [0.4, 0.5) is 10.7 Å². The van der Waals surface area contributed by atoms with Crippen LogP contribution in [0.25, 0.3) is 22.2 Å². The van der Waals surface area contributed by atoms with Gasteiger partial charge in [0, 0.05) is 29.3 Å². The number of aromatic nitrogens is 2. The van der Waals surface area contributed by atoms with Crippen LogP contribution in [-0.2, 0) is 12.1 Å². The number of urea groups is 1. The Morgan fingerprint density at radius 3 is 2.83 bits per heavy atom. The van der Waals surface area contributed by atoms with Crippen LogP contribution in [0.5, 0.6) is 5.75 Å². The lowest BCUT2D eigenvalue weighted by Gasteiger charge is -2.33. The molecule has 0 saturated carbocycles. The summed E-state index contributed by atoms with van der Waals surface area (Å²) in [5, 5.41) is 17.0. The standard InChI is InChI=1S/C25H22N6O5/c1-35-16-4-2-14-11-31(21(32)17(14)10-16)12-25(22(33)29-24(34)30-25)20-9-15-8-13(3-5-19(15)36-20)18-6-7-27-23(26)28-18/h2-10,22,33H,11-12H2,1H3,(H2,26,27,28)(H2,29,30,34)/t22?,25-/m0/s1. The third-order valence-corrected chi connectivity index (χ3v) is 6.63. The Kier molecular flexibility index (Phi) is 4.83. The first-order chi connectivity index (χ1) is 17.4. The Labute approximate surface area is 204 Å². The van der Waals surface area contributed by atoms with Crippen LogP contribution in [0.1, 0.15) is 21.7 Å². The number of furan rings is 1. The molecular formula is C25H22N6O5. The van der Waals surface area contributed by atoms with Crippen LogP contribution in [-0.4, -0.2) is 51.8 Å². The first-order valence-corrected chi connectivity index (χ1v) is 11.2. The van der Waals surface area contributed by atoms with Crippen molar-refractivity contribution in [3.05, 3.63) is 71.6 Å². The van der Waals surface area contributed by atoms with Crippen molar-refractivity contribution in [3.63, 3.8) is 0 Å². The number of nitrogens with zero attached hydrogens (tertiary/aromatic N) is 3. The lowest BCUT2D eigenvalue weighted by atomic mass is 9.94. The Morgan fingerprint density at radius 1 is 1.22 bits per heavy atom. The van der Waals surface area contributed by atoms with E-state index in [1.165, 1.54) is 7.11 Å². The SMILES string of the molecule is COc1ccc2c(c1)C(=O)N(C[C@@]1(c3cc4cc(-c5ccnc(N)n5)ccc4o3)NC(=O)NC1O)C2. The summed E-state index contributed by atoms with van der Waals surface area (Å²) in [7, 11) is 1.54. The summed E-state index contributed by atoms with van der Waals surface area (Å²) in [6.45, 7) is 0.305. The number of methoxy groups -OCH3 is 1. The maximum atomic E-state index is 13.2. The normalized spacial score (nSPS) is 20.9. The molecule has 0 spiro atoms. The van der Waals surface area contributed by atoms with E-state index in [2.05, 4.69) is 20.6 Å². The average molecular weight is 486 g/mol. The van der Waals surface area contributed by atoms with Gasteiger partial charge in [0.25, 0.3) is 5.91 Å². The summed E-state index contributed by atoms with van der Waals surface area (Å²) in [4.78, 5) is 35.3. The number of carbonyl (C=O) groups is 2. The highest BCUT2D eigenvalue weighted by molar-refractivity contribution is 5.99. The van der Waals surface area contributed by atoms with Crippen molar-refractivity contribution >= 4 is 28.9 Å². The highest BCUT2D eigenvalue weighted by Gasteiger charge is 2.52. The molecule has 2 atom stereocenters. The van der Waals surface area contributed by atoms with Gasteiger partial charge in [-0.05, 0) is 48.0 Å². The fourth-order valence-electron chi connectivity index (χ4n) is 4.81. The Hall–Kier alpha value is -4.64. The lowest BCUT2D eigenvalue weighted by Crippen LogP contribution is -2.54.